The summed E-state index contributed by atoms with van der Waals surface area (Å²) in [4.78, 5) is 21.0. The molecule has 0 unspecified atom stereocenters. The number of hydrogen-bond acceptors (Lipinski definition) is 4. The molecule has 0 spiro atoms. The summed E-state index contributed by atoms with van der Waals surface area (Å²) in [6.45, 7) is 0. The van der Waals surface area contributed by atoms with E-state index in [1.54, 1.807) is 48.7 Å². The summed E-state index contributed by atoms with van der Waals surface area (Å²) in [5.74, 6) is 0.451. The number of carbonyl (C=O) groups is 1. The quantitative estimate of drug-likeness (QED) is 0.379. The fraction of sp³-hybridized carbons (Fsp3) is 0. The summed E-state index contributed by atoms with van der Waals surface area (Å²) >= 11 is 3.37. The SMILES string of the molecule is O=C(Nc1ccc(Br)cc1)c1ccc(Nc2ccnc(-c3cccc(F)c3)n2)cc1. The highest BCUT2D eigenvalue weighted by Gasteiger charge is 2.08. The zero-order chi connectivity index (χ0) is 20.9. The Kier molecular flexibility index (Phi) is 5.81. The molecule has 1 heterocycles. The average molecular weight is 463 g/mol. The van der Waals surface area contributed by atoms with Gasteiger partial charge in [0.2, 0.25) is 0 Å². The third-order valence-electron chi connectivity index (χ3n) is 4.26. The molecule has 30 heavy (non-hydrogen) atoms. The maximum absolute atomic E-state index is 13.5. The van der Waals surface area contributed by atoms with E-state index in [9.17, 15) is 9.18 Å². The minimum Gasteiger partial charge on any atom is -0.340 e. The van der Waals surface area contributed by atoms with Crippen molar-refractivity contribution in [1.29, 1.82) is 0 Å². The number of nitrogens with zero attached hydrogens (tertiary/aromatic N) is 2. The molecule has 0 aliphatic heterocycles. The van der Waals surface area contributed by atoms with Crippen LogP contribution in [0.2, 0.25) is 0 Å². The van der Waals surface area contributed by atoms with Crippen molar-refractivity contribution in [2.75, 3.05) is 10.6 Å². The van der Waals surface area contributed by atoms with E-state index in [0.717, 1.165) is 15.8 Å². The van der Waals surface area contributed by atoms with E-state index in [1.165, 1.54) is 12.1 Å². The molecule has 7 heteroatoms. The predicted octanol–water partition coefficient (Wildman–Crippen LogP) is 6.04. The van der Waals surface area contributed by atoms with Crippen LogP contribution in [0.15, 0.2) is 89.5 Å². The minimum atomic E-state index is -0.341. The fourth-order valence-corrected chi connectivity index (χ4v) is 3.05. The van der Waals surface area contributed by atoms with Crippen LogP contribution in [0.1, 0.15) is 10.4 Å². The second-order valence-corrected chi connectivity index (χ2v) is 7.35. The first-order valence-corrected chi connectivity index (χ1v) is 9.89. The van der Waals surface area contributed by atoms with Gasteiger partial charge in [-0.2, -0.15) is 0 Å². The zero-order valence-electron chi connectivity index (χ0n) is 15.6. The van der Waals surface area contributed by atoms with Crippen molar-refractivity contribution < 1.29 is 9.18 Å². The van der Waals surface area contributed by atoms with Crippen LogP contribution in [0.3, 0.4) is 0 Å². The van der Waals surface area contributed by atoms with E-state index in [1.807, 2.05) is 24.3 Å². The highest BCUT2D eigenvalue weighted by atomic mass is 79.9. The Bertz CT molecular complexity index is 1180. The van der Waals surface area contributed by atoms with Gasteiger partial charge in [-0.1, -0.05) is 28.1 Å². The Morgan fingerprint density at radius 1 is 0.900 bits per heavy atom. The molecule has 0 aliphatic carbocycles. The number of carbonyl (C=O) groups excluding carboxylic acids is 1. The van der Waals surface area contributed by atoms with Crippen LogP contribution in [-0.2, 0) is 0 Å². The van der Waals surface area contributed by atoms with Gasteiger partial charge in [0.1, 0.15) is 11.6 Å². The molecule has 3 aromatic carbocycles. The molecular formula is C23H16BrFN4O. The molecule has 0 fully saturated rings. The minimum absolute atomic E-state index is 0.195. The topological polar surface area (TPSA) is 66.9 Å². The van der Waals surface area contributed by atoms with Crippen LogP contribution in [0.4, 0.5) is 21.6 Å². The maximum Gasteiger partial charge on any atom is 0.255 e. The van der Waals surface area contributed by atoms with E-state index < -0.39 is 0 Å². The van der Waals surface area contributed by atoms with E-state index >= 15 is 0 Å². The van der Waals surface area contributed by atoms with Crippen LogP contribution in [-0.4, -0.2) is 15.9 Å². The number of rotatable bonds is 5. The zero-order valence-corrected chi connectivity index (χ0v) is 17.2. The van der Waals surface area contributed by atoms with Gasteiger partial charge in [-0.3, -0.25) is 4.79 Å². The lowest BCUT2D eigenvalue weighted by Gasteiger charge is -2.09. The first kappa shape index (κ1) is 19.7. The predicted molar refractivity (Wildman–Crippen MR) is 119 cm³/mol. The van der Waals surface area contributed by atoms with Gasteiger partial charge in [-0.25, -0.2) is 14.4 Å². The van der Waals surface area contributed by atoms with E-state index in [-0.39, 0.29) is 11.7 Å². The number of anilines is 3. The number of aromatic nitrogens is 2. The number of amides is 1. The van der Waals surface area contributed by atoms with Crippen LogP contribution in [0.25, 0.3) is 11.4 Å². The molecule has 0 saturated carbocycles. The van der Waals surface area contributed by atoms with E-state index in [4.69, 9.17) is 0 Å². The van der Waals surface area contributed by atoms with Crippen molar-refractivity contribution in [2.45, 2.75) is 0 Å². The number of hydrogen-bond donors (Lipinski definition) is 2. The Labute approximate surface area is 181 Å². The Morgan fingerprint density at radius 2 is 1.63 bits per heavy atom. The number of halogens is 2. The normalized spacial score (nSPS) is 10.5. The van der Waals surface area contributed by atoms with E-state index in [0.29, 0.717) is 22.8 Å². The third kappa shape index (κ3) is 4.87. The number of benzene rings is 3. The van der Waals surface area contributed by atoms with E-state index in [2.05, 4.69) is 36.5 Å². The van der Waals surface area contributed by atoms with Crippen LogP contribution < -0.4 is 10.6 Å². The molecule has 1 amide bonds. The highest BCUT2D eigenvalue weighted by molar-refractivity contribution is 9.10. The average Bonchev–Trinajstić information content (AvgIpc) is 2.76. The second kappa shape index (κ2) is 8.84. The molecule has 0 saturated heterocycles. The molecular weight excluding hydrogens is 447 g/mol. The van der Waals surface area contributed by atoms with Gasteiger partial charge in [0, 0.05) is 33.2 Å². The molecule has 0 atom stereocenters. The van der Waals surface area contributed by atoms with Crippen LogP contribution in [0.5, 0.6) is 0 Å². The van der Waals surface area contributed by atoms with Gasteiger partial charge in [0.05, 0.1) is 0 Å². The van der Waals surface area contributed by atoms with Crippen molar-refractivity contribution in [3.8, 4) is 11.4 Å². The van der Waals surface area contributed by atoms with Crippen molar-refractivity contribution in [3.63, 3.8) is 0 Å². The van der Waals surface area contributed by atoms with Gasteiger partial charge >= 0.3 is 0 Å². The third-order valence-corrected chi connectivity index (χ3v) is 4.79. The summed E-state index contributed by atoms with van der Waals surface area (Å²) in [6, 6.07) is 22.3. The summed E-state index contributed by atoms with van der Waals surface area (Å²) in [5, 5.41) is 6.02. The van der Waals surface area contributed by atoms with Gasteiger partial charge in [0.25, 0.3) is 5.91 Å². The van der Waals surface area contributed by atoms with Crippen LogP contribution in [0, 0.1) is 5.82 Å². The van der Waals surface area contributed by atoms with Gasteiger partial charge in [-0.15, -0.1) is 0 Å². The first-order chi connectivity index (χ1) is 14.6. The standard InChI is InChI=1S/C23H16BrFN4O/c24-17-6-10-20(11-7-17)28-23(30)15-4-8-19(9-5-15)27-21-12-13-26-22(29-21)16-2-1-3-18(25)14-16/h1-14H,(H,28,30)(H,26,27,29). The number of nitrogens with one attached hydrogen (secondary N) is 2. The lowest BCUT2D eigenvalue weighted by Crippen LogP contribution is -2.11. The molecule has 148 valence electrons. The molecule has 4 aromatic rings. The molecule has 2 N–H and O–H groups in total. The van der Waals surface area contributed by atoms with Gasteiger partial charge in [0.15, 0.2) is 5.82 Å². The van der Waals surface area contributed by atoms with Gasteiger partial charge in [-0.05, 0) is 66.7 Å². The smallest absolute Gasteiger partial charge is 0.255 e. The Balaban J connectivity index is 1.45. The van der Waals surface area contributed by atoms with Crippen LogP contribution >= 0.6 is 15.9 Å². The largest absolute Gasteiger partial charge is 0.340 e. The molecule has 0 aliphatic rings. The summed E-state index contributed by atoms with van der Waals surface area (Å²) in [7, 11) is 0. The Hall–Kier alpha value is -3.58. The monoisotopic (exact) mass is 462 g/mol. The van der Waals surface area contributed by atoms with Crippen molar-refractivity contribution in [2.24, 2.45) is 0 Å². The van der Waals surface area contributed by atoms with Crippen molar-refractivity contribution >= 4 is 39.0 Å². The lowest BCUT2D eigenvalue weighted by molar-refractivity contribution is 0.102. The molecule has 0 radical (unpaired) electrons. The fourth-order valence-electron chi connectivity index (χ4n) is 2.78. The Morgan fingerprint density at radius 3 is 2.37 bits per heavy atom. The lowest BCUT2D eigenvalue weighted by atomic mass is 10.2. The van der Waals surface area contributed by atoms with Crippen molar-refractivity contribution in [3.05, 3.63) is 101 Å². The molecule has 0 bridgehead atoms. The summed E-state index contributed by atoms with van der Waals surface area (Å²) in [5.41, 5.74) is 2.61. The summed E-state index contributed by atoms with van der Waals surface area (Å²) in [6.07, 6.45) is 1.61. The summed E-state index contributed by atoms with van der Waals surface area (Å²) < 4.78 is 14.4. The second-order valence-electron chi connectivity index (χ2n) is 6.44. The maximum atomic E-state index is 13.5. The molecule has 5 nitrogen and oxygen atoms in total. The van der Waals surface area contributed by atoms with Gasteiger partial charge < -0.3 is 10.6 Å². The molecule has 1 aromatic heterocycles. The first-order valence-electron chi connectivity index (χ1n) is 9.10. The molecule has 4 rings (SSSR count). The van der Waals surface area contributed by atoms with Crippen molar-refractivity contribution in [1.82, 2.24) is 9.97 Å². The highest BCUT2D eigenvalue weighted by Crippen LogP contribution is 2.21.